The van der Waals surface area contributed by atoms with E-state index in [2.05, 4.69) is 0 Å². The van der Waals surface area contributed by atoms with Crippen molar-refractivity contribution in [3.8, 4) is 0 Å². The van der Waals surface area contributed by atoms with Gasteiger partial charge in [0, 0.05) is 0 Å². The summed E-state index contributed by atoms with van der Waals surface area (Å²) in [6, 6.07) is 9.40. The van der Waals surface area contributed by atoms with Gasteiger partial charge in [0.2, 0.25) is 0 Å². The van der Waals surface area contributed by atoms with Gasteiger partial charge in [-0.25, -0.2) is 0 Å². The molecular formula is C13H16HgO5. The summed E-state index contributed by atoms with van der Waals surface area (Å²) in [6.07, 6.45) is -0.422. The molecule has 1 aromatic carbocycles. The van der Waals surface area contributed by atoms with Crippen LogP contribution in [0.4, 0.5) is 0 Å². The van der Waals surface area contributed by atoms with Crippen LogP contribution in [0.1, 0.15) is 18.6 Å². The number of methoxy groups -OCH3 is 2. The van der Waals surface area contributed by atoms with E-state index in [1.165, 1.54) is 21.1 Å². The van der Waals surface area contributed by atoms with Crippen molar-refractivity contribution in [1.29, 1.82) is 0 Å². The second-order valence-electron chi connectivity index (χ2n) is 4.00. The number of hydrogen-bond donors (Lipinski definition) is 0. The molecule has 0 radical (unpaired) electrons. The molecule has 0 heterocycles. The summed E-state index contributed by atoms with van der Waals surface area (Å²) in [5, 5.41) is 0. The quantitative estimate of drug-likeness (QED) is 0.487. The van der Waals surface area contributed by atoms with E-state index in [0.717, 1.165) is 5.56 Å². The molecule has 0 fully saturated rings. The van der Waals surface area contributed by atoms with Crippen LogP contribution in [0.15, 0.2) is 30.3 Å². The van der Waals surface area contributed by atoms with Crippen LogP contribution in [0, 0.1) is 0 Å². The molecule has 0 aliphatic rings. The summed E-state index contributed by atoms with van der Waals surface area (Å²) in [4.78, 5) is 22.8. The first-order valence-corrected chi connectivity index (χ1v) is 11.3. The molecule has 0 aliphatic carbocycles. The van der Waals surface area contributed by atoms with Gasteiger partial charge in [0.25, 0.3) is 0 Å². The molecule has 0 aliphatic heterocycles. The van der Waals surface area contributed by atoms with Gasteiger partial charge in [-0.1, -0.05) is 0 Å². The van der Waals surface area contributed by atoms with E-state index in [9.17, 15) is 9.59 Å². The maximum atomic E-state index is 11.9. The van der Waals surface area contributed by atoms with Crippen molar-refractivity contribution in [3.63, 3.8) is 0 Å². The Balaban J connectivity index is 2.92. The standard InChI is InChI=1S/C11H13O3.C2H4O2.Hg/c1-13-10(8-11(12)14-2)9-6-4-3-5-7-9;1-2(3)4;/h3-8,10H,1-2H3;1H3,(H,3,4);/q;;+1/p-1. The molecule has 0 N–H and O–H groups in total. The van der Waals surface area contributed by atoms with Gasteiger partial charge in [-0.2, -0.15) is 0 Å². The van der Waals surface area contributed by atoms with Gasteiger partial charge in [-0.3, -0.25) is 0 Å². The molecule has 2 atom stereocenters. The molecule has 2 unspecified atom stereocenters. The van der Waals surface area contributed by atoms with Crippen molar-refractivity contribution in [2.75, 3.05) is 14.2 Å². The zero-order chi connectivity index (χ0) is 14.3. The molecule has 5 nitrogen and oxygen atoms in total. The van der Waals surface area contributed by atoms with Crippen LogP contribution in [0.2, 0.25) is 3.43 Å². The molecular weight excluding hydrogens is 437 g/mol. The fourth-order valence-corrected chi connectivity index (χ4v) is 7.09. The normalized spacial score (nSPS) is 13.0. The van der Waals surface area contributed by atoms with Crippen molar-refractivity contribution in [3.05, 3.63) is 35.9 Å². The van der Waals surface area contributed by atoms with Gasteiger partial charge >= 0.3 is 125 Å². The molecule has 0 bridgehead atoms. The van der Waals surface area contributed by atoms with Crippen molar-refractivity contribution < 1.29 is 46.7 Å². The Hall–Kier alpha value is -0.945. The second kappa shape index (κ2) is 8.27. The van der Waals surface area contributed by atoms with Crippen molar-refractivity contribution in [2.45, 2.75) is 16.5 Å². The number of hydrogen-bond acceptors (Lipinski definition) is 5. The number of esters is 1. The van der Waals surface area contributed by atoms with E-state index in [4.69, 9.17) is 12.1 Å². The number of ether oxygens (including phenoxy) is 2. The summed E-state index contributed by atoms with van der Waals surface area (Å²) in [5.74, 6) is -0.725. The van der Waals surface area contributed by atoms with E-state index in [-0.39, 0.29) is 11.9 Å². The van der Waals surface area contributed by atoms with Gasteiger partial charge in [0.15, 0.2) is 0 Å². The Morgan fingerprint density at radius 1 is 1.16 bits per heavy atom. The van der Waals surface area contributed by atoms with Crippen LogP contribution < -0.4 is 0 Å². The van der Waals surface area contributed by atoms with E-state index >= 15 is 0 Å². The summed E-state index contributed by atoms with van der Waals surface area (Å²) >= 11 is -2.25. The molecule has 0 spiro atoms. The van der Waals surface area contributed by atoms with Crippen molar-refractivity contribution in [2.24, 2.45) is 0 Å². The second-order valence-corrected chi connectivity index (χ2v) is 9.84. The molecule has 0 aromatic heterocycles. The van der Waals surface area contributed by atoms with Crippen LogP contribution in [0.3, 0.4) is 0 Å². The zero-order valence-corrected chi connectivity index (χ0v) is 16.8. The van der Waals surface area contributed by atoms with Crippen LogP contribution in [0.25, 0.3) is 0 Å². The Morgan fingerprint density at radius 2 is 1.79 bits per heavy atom. The van der Waals surface area contributed by atoms with Crippen LogP contribution in [0.5, 0.6) is 0 Å². The number of benzene rings is 1. The molecule has 1 aromatic rings. The number of carbonyl (C=O) groups is 2. The van der Waals surface area contributed by atoms with Crippen molar-refractivity contribution in [1.82, 2.24) is 0 Å². The third-order valence-electron chi connectivity index (χ3n) is 2.72. The average Bonchev–Trinajstić information content (AvgIpc) is 2.43. The van der Waals surface area contributed by atoms with Gasteiger partial charge in [-0.15, -0.1) is 0 Å². The fourth-order valence-electron chi connectivity index (χ4n) is 1.81. The summed E-state index contributed by atoms with van der Waals surface area (Å²) < 4.78 is 14.9. The third-order valence-corrected chi connectivity index (χ3v) is 9.30. The van der Waals surface area contributed by atoms with Gasteiger partial charge in [0.05, 0.1) is 0 Å². The summed E-state index contributed by atoms with van der Waals surface area (Å²) in [5.41, 5.74) is 0.882. The van der Waals surface area contributed by atoms with Crippen LogP contribution >= 0.6 is 0 Å². The first-order valence-electron chi connectivity index (χ1n) is 5.89. The minimum atomic E-state index is -2.25. The monoisotopic (exact) mass is 454 g/mol. The summed E-state index contributed by atoms with van der Waals surface area (Å²) in [6.45, 7) is 1.35. The Morgan fingerprint density at radius 3 is 2.26 bits per heavy atom. The molecule has 0 amide bonds. The topological polar surface area (TPSA) is 61.8 Å². The maximum absolute atomic E-state index is 11.9. The molecule has 6 heteroatoms. The molecule has 0 saturated heterocycles. The number of rotatable bonds is 6. The van der Waals surface area contributed by atoms with E-state index in [1.807, 2.05) is 30.3 Å². The minimum absolute atomic E-state index is 0.349. The molecule has 1 rings (SSSR count). The van der Waals surface area contributed by atoms with Crippen LogP contribution in [-0.2, 0) is 46.7 Å². The number of carbonyl (C=O) groups excluding carboxylic acids is 2. The van der Waals surface area contributed by atoms with Gasteiger partial charge in [0.1, 0.15) is 0 Å². The average molecular weight is 453 g/mol. The first-order chi connectivity index (χ1) is 9.10. The fraction of sp³-hybridized carbons (Fsp3) is 0.385. The zero-order valence-electron chi connectivity index (χ0n) is 11.3. The SMILES string of the molecule is COC(=O)[CH]([Hg][O]C(C)=O)C(OC)c1ccccc1. The molecule has 0 saturated carbocycles. The van der Waals surface area contributed by atoms with E-state index in [0.29, 0.717) is 0 Å². The predicted molar refractivity (Wildman–Crippen MR) is 63.7 cm³/mol. The molecule has 19 heavy (non-hydrogen) atoms. The van der Waals surface area contributed by atoms with Gasteiger partial charge in [-0.05, 0) is 0 Å². The Labute approximate surface area is 125 Å². The first kappa shape index (κ1) is 16.1. The Bertz CT molecular complexity index is 420. The van der Waals surface area contributed by atoms with Crippen molar-refractivity contribution >= 4 is 11.9 Å². The summed E-state index contributed by atoms with van der Waals surface area (Å²) in [7, 11) is 2.86. The van der Waals surface area contributed by atoms with E-state index < -0.39 is 34.6 Å². The molecule has 100 valence electrons. The predicted octanol–water partition coefficient (Wildman–Crippen LogP) is 1.90. The Kier molecular flexibility index (Phi) is 7.01. The van der Waals surface area contributed by atoms with E-state index in [1.54, 1.807) is 0 Å². The van der Waals surface area contributed by atoms with Gasteiger partial charge < -0.3 is 0 Å². The van der Waals surface area contributed by atoms with Crippen LogP contribution in [-0.4, -0.2) is 26.2 Å². The third kappa shape index (κ3) is 4.91.